The van der Waals surface area contributed by atoms with E-state index in [2.05, 4.69) is 48.6 Å². The van der Waals surface area contributed by atoms with Crippen LogP contribution in [0.1, 0.15) is 59.4 Å². The van der Waals surface area contributed by atoms with Gasteiger partial charge in [-0.15, -0.1) is 0 Å². The smallest absolute Gasteiger partial charge is 0.251 e. The Kier molecular flexibility index (Phi) is 5.59. The van der Waals surface area contributed by atoms with Gasteiger partial charge in [-0.05, 0) is 47.7 Å². The topological polar surface area (TPSA) is 76.0 Å². The van der Waals surface area contributed by atoms with Crippen LogP contribution in [0.5, 0.6) is 0 Å². The van der Waals surface area contributed by atoms with Crippen LogP contribution in [0.4, 0.5) is 5.82 Å². The molecule has 3 aromatic rings. The number of hydrogen-bond acceptors (Lipinski definition) is 3. The van der Waals surface area contributed by atoms with Crippen molar-refractivity contribution in [1.29, 1.82) is 0 Å². The number of carbonyl (C=O) groups excluding carboxylic acids is 2. The van der Waals surface area contributed by atoms with E-state index in [4.69, 9.17) is 11.6 Å². The van der Waals surface area contributed by atoms with Crippen LogP contribution in [0.2, 0.25) is 5.02 Å². The molecular weight excluding hydrogens is 424 g/mol. The molecule has 166 valence electrons. The number of carbonyl (C=O) groups is 2. The van der Waals surface area contributed by atoms with Crippen molar-refractivity contribution in [1.82, 2.24) is 15.1 Å². The second kappa shape index (κ2) is 8.10. The summed E-state index contributed by atoms with van der Waals surface area (Å²) in [6.45, 7) is 8.41. The zero-order valence-electron chi connectivity index (χ0n) is 18.9. The second-order valence-electron chi connectivity index (χ2n) is 9.27. The summed E-state index contributed by atoms with van der Waals surface area (Å²) in [4.78, 5) is 26.1. The zero-order valence-corrected chi connectivity index (χ0v) is 19.6. The van der Waals surface area contributed by atoms with Crippen molar-refractivity contribution < 1.29 is 9.59 Å². The molecule has 0 spiro atoms. The van der Waals surface area contributed by atoms with Crippen molar-refractivity contribution in [2.75, 3.05) is 5.32 Å². The van der Waals surface area contributed by atoms with E-state index >= 15 is 0 Å². The first kappa shape index (κ1) is 22.1. The maximum Gasteiger partial charge on any atom is 0.251 e. The summed E-state index contributed by atoms with van der Waals surface area (Å²) in [5, 5.41) is 10.9. The molecule has 4 rings (SSSR count). The summed E-state index contributed by atoms with van der Waals surface area (Å²) in [5.41, 5.74) is 4.34. The molecule has 2 atom stereocenters. The van der Waals surface area contributed by atoms with E-state index in [9.17, 15) is 9.59 Å². The summed E-state index contributed by atoms with van der Waals surface area (Å²) in [6, 6.07) is 14.1. The number of nitrogens with one attached hydrogen (secondary N) is 2. The van der Waals surface area contributed by atoms with Gasteiger partial charge in [-0.1, -0.05) is 56.6 Å². The molecule has 0 saturated heterocycles. The molecule has 1 aliphatic rings. The average molecular weight is 451 g/mol. The lowest BCUT2D eigenvalue weighted by Crippen LogP contribution is -2.50. The summed E-state index contributed by atoms with van der Waals surface area (Å²) < 4.78 is 1.68. The first-order chi connectivity index (χ1) is 15.1. The number of fused-ring (bicyclic) bond motifs is 1. The van der Waals surface area contributed by atoms with Crippen molar-refractivity contribution >= 4 is 29.2 Å². The lowest BCUT2D eigenvalue weighted by Gasteiger charge is -2.33. The Morgan fingerprint density at radius 2 is 1.72 bits per heavy atom. The van der Waals surface area contributed by atoms with Crippen LogP contribution in [0.25, 0.3) is 0 Å². The van der Waals surface area contributed by atoms with E-state index < -0.39 is 6.04 Å². The Balaban J connectivity index is 1.77. The Morgan fingerprint density at radius 3 is 2.31 bits per heavy atom. The van der Waals surface area contributed by atoms with Crippen molar-refractivity contribution in [2.24, 2.45) is 7.05 Å². The molecule has 6 nitrogen and oxygen atoms in total. The summed E-state index contributed by atoms with van der Waals surface area (Å²) in [7, 11) is 1.80. The molecular formula is C25H27ClN4O2. The molecule has 2 amide bonds. The summed E-state index contributed by atoms with van der Waals surface area (Å²) in [6.07, 6.45) is 0. The van der Waals surface area contributed by atoms with Gasteiger partial charge in [0.15, 0.2) is 0 Å². The molecule has 32 heavy (non-hydrogen) atoms. The molecule has 0 unspecified atom stereocenters. The van der Waals surface area contributed by atoms with Gasteiger partial charge < -0.3 is 10.6 Å². The van der Waals surface area contributed by atoms with Crippen molar-refractivity contribution in [3.8, 4) is 0 Å². The Hall–Kier alpha value is -3.12. The van der Waals surface area contributed by atoms with Crippen LogP contribution in [-0.2, 0) is 17.3 Å². The number of aromatic nitrogens is 2. The number of halogens is 1. The number of amides is 2. The highest BCUT2D eigenvalue weighted by Crippen LogP contribution is 2.39. The third kappa shape index (κ3) is 4.02. The maximum atomic E-state index is 13.2. The molecule has 7 heteroatoms. The lowest BCUT2D eigenvalue weighted by atomic mass is 9.80. The highest BCUT2D eigenvalue weighted by Gasteiger charge is 2.41. The number of benzene rings is 2. The Labute approximate surface area is 193 Å². The van der Waals surface area contributed by atoms with Crippen molar-refractivity contribution in [3.63, 3.8) is 0 Å². The number of hydrogen-bond donors (Lipinski definition) is 2. The number of aryl methyl sites for hydroxylation is 2. The van der Waals surface area contributed by atoms with Gasteiger partial charge in [0.25, 0.3) is 5.91 Å². The van der Waals surface area contributed by atoms with Gasteiger partial charge in [0.05, 0.1) is 5.69 Å². The highest BCUT2D eigenvalue weighted by atomic mass is 35.5. The quantitative estimate of drug-likeness (QED) is 0.614. The van der Waals surface area contributed by atoms with Gasteiger partial charge in [-0.25, -0.2) is 0 Å². The van der Waals surface area contributed by atoms with E-state index in [1.807, 2.05) is 19.1 Å². The van der Waals surface area contributed by atoms with Crippen molar-refractivity contribution in [2.45, 2.75) is 45.1 Å². The van der Waals surface area contributed by atoms with E-state index in [0.29, 0.717) is 16.4 Å². The number of rotatable bonds is 3. The fraction of sp³-hybridized carbons (Fsp3) is 0.320. The van der Waals surface area contributed by atoms with Crippen LogP contribution in [0, 0.1) is 6.92 Å². The first-order valence-electron chi connectivity index (χ1n) is 10.6. The first-order valence-corrected chi connectivity index (χ1v) is 11.0. The summed E-state index contributed by atoms with van der Waals surface area (Å²) in [5.74, 6) is -0.303. The normalized spacial score (nSPS) is 18.1. The lowest BCUT2D eigenvalue weighted by molar-refractivity contribution is -0.118. The third-order valence-electron chi connectivity index (χ3n) is 5.97. The molecule has 0 saturated carbocycles. The molecule has 0 aliphatic carbocycles. The molecule has 1 aliphatic heterocycles. The number of anilines is 1. The van der Waals surface area contributed by atoms with Gasteiger partial charge in [-0.2, -0.15) is 5.10 Å². The van der Waals surface area contributed by atoms with E-state index in [1.165, 1.54) is 5.56 Å². The maximum absolute atomic E-state index is 13.2. The van der Waals surface area contributed by atoms with Crippen LogP contribution in [0.15, 0.2) is 48.5 Å². The van der Waals surface area contributed by atoms with Gasteiger partial charge in [0.1, 0.15) is 11.9 Å². The predicted molar refractivity (Wildman–Crippen MR) is 126 cm³/mol. The van der Waals surface area contributed by atoms with E-state index in [0.717, 1.165) is 16.8 Å². The van der Waals surface area contributed by atoms with Gasteiger partial charge >= 0.3 is 0 Å². The monoisotopic (exact) mass is 450 g/mol. The largest absolute Gasteiger partial charge is 0.339 e. The number of nitrogens with zero attached hydrogens (tertiary/aromatic N) is 2. The second-order valence-corrected chi connectivity index (χ2v) is 9.70. The van der Waals surface area contributed by atoms with Gasteiger partial charge in [0.2, 0.25) is 5.91 Å². The Morgan fingerprint density at radius 1 is 1.09 bits per heavy atom. The predicted octanol–water partition coefficient (Wildman–Crippen LogP) is 4.56. The molecule has 0 fully saturated rings. The van der Waals surface area contributed by atoms with Crippen LogP contribution in [0.3, 0.4) is 0 Å². The van der Waals surface area contributed by atoms with Gasteiger partial charge in [-0.3, -0.25) is 14.3 Å². The van der Waals surface area contributed by atoms with E-state index in [-0.39, 0.29) is 23.1 Å². The van der Waals surface area contributed by atoms with Gasteiger partial charge in [0, 0.05) is 29.1 Å². The minimum atomic E-state index is -0.783. The minimum absolute atomic E-state index is 0.0139. The SMILES string of the molecule is Cc1nn(C)c2c1[C@@H](c1ccc(C(C)(C)C)cc1)[C@H](NC(=O)c1ccc(Cl)cc1)C(=O)N2. The molecule has 2 N–H and O–H groups in total. The standard InChI is InChI=1S/C25H27ClN4O2/c1-14-19-20(15-6-10-17(11-7-15)25(2,3)4)21(24(32)28-22(19)30(5)29-14)27-23(31)16-8-12-18(26)13-9-16/h6-13,20-21H,1-5H3,(H,27,31)(H,28,32)/t20-,21+/m1/s1. The van der Waals surface area contributed by atoms with Crippen LogP contribution >= 0.6 is 11.6 Å². The molecule has 2 heterocycles. The third-order valence-corrected chi connectivity index (χ3v) is 6.22. The molecule has 2 aromatic carbocycles. The molecule has 0 bridgehead atoms. The van der Waals surface area contributed by atoms with Crippen molar-refractivity contribution in [3.05, 3.63) is 81.5 Å². The molecule has 0 radical (unpaired) electrons. The summed E-state index contributed by atoms with van der Waals surface area (Å²) >= 11 is 5.95. The van der Waals surface area contributed by atoms with Crippen LogP contribution < -0.4 is 10.6 Å². The van der Waals surface area contributed by atoms with Crippen LogP contribution in [-0.4, -0.2) is 27.6 Å². The Bertz CT molecular complexity index is 1170. The fourth-order valence-corrected chi connectivity index (χ4v) is 4.36. The highest BCUT2D eigenvalue weighted by molar-refractivity contribution is 6.30. The zero-order chi connectivity index (χ0) is 23.2. The average Bonchev–Trinajstić information content (AvgIpc) is 3.01. The van der Waals surface area contributed by atoms with E-state index in [1.54, 1.807) is 36.0 Å². The minimum Gasteiger partial charge on any atom is -0.339 e. The molecule has 1 aromatic heterocycles. The fourth-order valence-electron chi connectivity index (χ4n) is 4.23.